The van der Waals surface area contributed by atoms with E-state index in [-0.39, 0.29) is 24.1 Å². The van der Waals surface area contributed by atoms with Crippen LogP contribution in [0.1, 0.15) is 42.6 Å². The molecule has 1 aliphatic heterocycles. The van der Waals surface area contributed by atoms with Crippen molar-refractivity contribution in [2.75, 3.05) is 19.6 Å². The van der Waals surface area contributed by atoms with E-state index in [4.69, 9.17) is 23.2 Å². The van der Waals surface area contributed by atoms with Gasteiger partial charge in [0.2, 0.25) is 5.82 Å². The molecule has 2 heterocycles. The van der Waals surface area contributed by atoms with Crippen molar-refractivity contribution in [3.05, 3.63) is 39.9 Å². The molecule has 148 valence electrons. The summed E-state index contributed by atoms with van der Waals surface area (Å²) in [6, 6.07) is 5.24. The van der Waals surface area contributed by atoms with Crippen LogP contribution in [0, 0.1) is 5.92 Å². The Morgan fingerprint density at radius 3 is 2.74 bits per heavy atom. The average molecular weight is 433 g/mol. The van der Waals surface area contributed by atoms with Crippen LogP contribution in [0.25, 0.3) is 5.69 Å². The van der Waals surface area contributed by atoms with Crippen molar-refractivity contribution in [2.24, 2.45) is 5.92 Å². The van der Waals surface area contributed by atoms with Crippen molar-refractivity contribution < 1.29 is 4.79 Å². The highest BCUT2D eigenvalue weighted by atomic mass is 35.5. The molecule has 9 heteroatoms. The highest BCUT2D eigenvalue weighted by Crippen LogP contribution is 2.28. The number of hydrogen-bond donors (Lipinski definition) is 2. The van der Waals surface area contributed by atoms with Crippen molar-refractivity contribution >= 4 is 41.5 Å². The number of nitrogens with one attached hydrogen (secondary N) is 2. The fraction of sp³-hybridized carbons (Fsp3) is 0.500. The molecular weight excluding hydrogens is 409 g/mol. The number of aryl methyl sites for hydroxylation is 1. The summed E-state index contributed by atoms with van der Waals surface area (Å²) in [5, 5.41) is 11.6. The lowest BCUT2D eigenvalue weighted by Crippen LogP contribution is -2.33. The Bertz CT molecular complexity index is 754. The summed E-state index contributed by atoms with van der Waals surface area (Å²) < 4.78 is 1.56. The molecule has 0 saturated carbocycles. The Kier molecular flexibility index (Phi) is 8.35. The lowest BCUT2D eigenvalue weighted by atomic mass is 9.96. The molecular formula is C18H24Cl3N5O. The summed E-state index contributed by atoms with van der Waals surface area (Å²) in [5.41, 5.74) is 0.549. The SMILES string of the molecule is CCc1nc(C(=O)NCCC2CCCNC2)nn1-c1c(Cl)cccc1Cl.Cl. The molecule has 0 spiro atoms. The molecule has 1 amide bonds. The first-order valence-corrected chi connectivity index (χ1v) is 9.75. The second-order valence-corrected chi connectivity index (χ2v) is 7.26. The van der Waals surface area contributed by atoms with E-state index in [1.165, 1.54) is 12.8 Å². The summed E-state index contributed by atoms with van der Waals surface area (Å²) in [7, 11) is 0. The third-order valence-electron chi connectivity index (χ3n) is 4.58. The van der Waals surface area contributed by atoms with E-state index in [1.807, 2.05) is 6.92 Å². The first-order chi connectivity index (χ1) is 12.6. The van der Waals surface area contributed by atoms with Crippen molar-refractivity contribution in [3.63, 3.8) is 0 Å². The number of piperidine rings is 1. The van der Waals surface area contributed by atoms with Gasteiger partial charge in [0, 0.05) is 13.0 Å². The Hall–Kier alpha value is -1.34. The van der Waals surface area contributed by atoms with Gasteiger partial charge in [0.1, 0.15) is 11.5 Å². The summed E-state index contributed by atoms with van der Waals surface area (Å²) in [4.78, 5) is 16.8. The van der Waals surface area contributed by atoms with Crippen LogP contribution in [0.5, 0.6) is 0 Å². The first kappa shape index (κ1) is 22.0. The van der Waals surface area contributed by atoms with Gasteiger partial charge in [-0.3, -0.25) is 4.79 Å². The van der Waals surface area contributed by atoms with Crippen LogP contribution >= 0.6 is 35.6 Å². The third-order valence-corrected chi connectivity index (χ3v) is 5.19. The normalized spacial score (nSPS) is 16.6. The molecule has 2 aromatic rings. The zero-order valence-electron chi connectivity index (χ0n) is 15.2. The number of rotatable bonds is 6. The number of carbonyl (C=O) groups excluding carboxylic acids is 1. The molecule has 1 unspecified atom stereocenters. The number of benzene rings is 1. The van der Waals surface area contributed by atoms with Gasteiger partial charge in [-0.1, -0.05) is 36.2 Å². The van der Waals surface area contributed by atoms with E-state index in [9.17, 15) is 4.79 Å². The van der Waals surface area contributed by atoms with Crippen LogP contribution in [-0.4, -0.2) is 40.3 Å². The quantitative estimate of drug-likeness (QED) is 0.730. The molecule has 1 aliphatic rings. The van der Waals surface area contributed by atoms with E-state index in [2.05, 4.69) is 20.7 Å². The standard InChI is InChI=1S/C18H23Cl2N5O.ClH/c1-2-15-23-17(18(26)22-10-8-12-5-4-9-21-11-12)24-25(15)16-13(19)6-3-7-14(16)20;/h3,6-7,12,21H,2,4-5,8-11H2,1H3,(H,22,26);1H. The van der Waals surface area contributed by atoms with Gasteiger partial charge in [0.15, 0.2) is 0 Å². The Morgan fingerprint density at radius 1 is 1.37 bits per heavy atom. The Balaban J connectivity index is 0.00000261. The van der Waals surface area contributed by atoms with E-state index in [1.54, 1.807) is 22.9 Å². The third kappa shape index (κ3) is 5.35. The minimum atomic E-state index is -0.273. The molecule has 1 saturated heterocycles. The maximum atomic E-state index is 12.4. The summed E-state index contributed by atoms with van der Waals surface area (Å²) in [5.74, 6) is 1.12. The van der Waals surface area contributed by atoms with Crippen LogP contribution in [0.3, 0.4) is 0 Å². The van der Waals surface area contributed by atoms with Crippen LogP contribution in [0.4, 0.5) is 0 Å². The number of aromatic nitrogens is 3. The lowest BCUT2D eigenvalue weighted by Gasteiger charge is -2.22. The average Bonchev–Trinajstić information content (AvgIpc) is 3.06. The lowest BCUT2D eigenvalue weighted by molar-refractivity contribution is 0.0940. The smallest absolute Gasteiger partial charge is 0.290 e. The predicted octanol–water partition coefficient (Wildman–Crippen LogP) is 3.68. The first-order valence-electron chi connectivity index (χ1n) is 8.99. The monoisotopic (exact) mass is 431 g/mol. The van der Waals surface area contributed by atoms with Gasteiger partial charge >= 0.3 is 0 Å². The summed E-state index contributed by atoms with van der Waals surface area (Å²) >= 11 is 12.5. The summed E-state index contributed by atoms with van der Waals surface area (Å²) in [6.45, 7) is 4.68. The number of halogens is 3. The molecule has 1 fully saturated rings. The van der Waals surface area contributed by atoms with Gasteiger partial charge < -0.3 is 10.6 Å². The van der Waals surface area contributed by atoms with Gasteiger partial charge in [-0.2, -0.15) is 0 Å². The van der Waals surface area contributed by atoms with Crippen LogP contribution < -0.4 is 10.6 Å². The fourth-order valence-corrected chi connectivity index (χ4v) is 3.74. The largest absolute Gasteiger partial charge is 0.349 e. The van der Waals surface area contributed by atoms with Crippen LogP contribution in [0.15, 0.2) is 18.2 Å². The van der Waals surface area contributed by atoms with Crippen molar-refractivity contribution in [1.29, 1.82) is 0 Å². The zero-order chi connectivity index (χ0) is 18.5. The minimum absolute atomic E-state index is 0. The maximum absolute atomic E-state index is 12.4. The van der Waals surface area contributed by atoms with E-state index >= 15 is 0 Å². The summed E-state index contributed by atoms with van der Waals surface area (Å²) in [6.07, 6.45) is 3.97. The number of hydrogen-bond acceptors (Lipinski definition) is 4. The van der Waals surface area contributed by atoms with Gasteiger partial charge in [-0.15, -0.1) is 17.5 Å². The molecule has 3 rings (SSSR count). The van der Waals surface area contributed by atoms with Crippen molar-refractivity contribution in [2.45, 2.75) is 32.6 Å². The number of amides is 1. The minimum Gasteiger partial charge on any atom is -0.349 e. The molecule has 0 aliphatic carbocycles. The predicted molar refractivity (Wildman–Crippen MR) is 111 cm³/mol. The molecule has 2 N–H and O–H groups in total. The van der Waals surface area contributed by atoms with E-state index in [0.29, 0.717) is 40.4 Å². The highest BCUT2D eigenvalue weighted by Gasteiger charge is 2.20. The molecule has 0 radical (unpaired) electrons. The van der Waals surface area contributed by atoms with Gasteiger partial charge in [0.25, 0.3) is 5.91 Å². The van der Waals surface area contributed by atoms with Crippen LogP contribution in [-0.2, 0) is 6.42 Å². The van der Waals surface area contributed by atoms with Gasteiger partial charge in [-0.25, -0.2) is 9.67 Å². The topological polar surface area (TPSA) is 71.8 Å². The van der Waals surface area contributed by atoms with Crippen molar-refractivity contribution in [3.8, 4) is 5.69 Å². The van der Waals surface area contributed by atoms with E-state index in [0.717, 1.165) is 19.5 Å². The molecule has 1 aromatic heterocycles. The number of nitrogens with zero attached hydrogens (tertiary/aromatic N) is 3. The molecule has 27 heavy (non-hydrogen) atoms. The second-order valence-electron chi connectivity index (χ2n) is 6.44. The molecule has 1 atom stereocenters. The zero-order valence-corrected chi connectivity index (χ0v) is 17.5. The Labute approximate surface area is 175 Å². The Morgan fingerprint density at radius 2 is 2.11 bits per heavy atom. The fourth-order valence-electron chi connectivity index (χ4n) is 3.18. The van der Waals surface area contributed by atoms with Gasteiger partial charge in [-0.05, 0) is 50.4 Å². The highest BCUT2D eigenvalue weighted by molar-refractivity contribution is 6.37. The molecule has 0 bridgehead atoms. The molecule has 1 aromatic carbocycles. The number of carbonyl (C=O) groups is 1. The van der Waals surface area contributed by atoms with E-state index < -0.39 is 0 Å². The van der Waals surface area contributed by atoms with Crippen molar-refractivity contribution in [1.82, 2.24) is 25.4 Å². The number of para-hydroxylation sites is 1. The maximum Gasteiger partial charge on any atom is 0.290 e. The van der Waals surface area contributed by atoms with Crippen LogP contribution in [0.2, 0.25) is 10.0 Å². The van der Waals surface area contributed by atoms with Gasteiger partial charge in [0.05, 0.1) is 10.0 Å². The second kappa shape index (κ2) is 10.3. The molecule has 6 nitrogen and oxygen atoms in total.